The van der Waals surface area contributed by atoms with Gasteiger partial charge in [0.2, 0.25) is 0 Å². The van der Waals surface area contributed by atoms with Gasteiger partial charge in [-0.15, -0.1) is 8.96 Å². The van der Waals surface area contributed by atoms with Crippen LogP contribution in [-0.2, 0) is 4.79 Å². The molecule has 0 radical (unpaired) electrons. The summed E-state index contributed by atoms with van der Waals surface area (Å²) >= 11 is 0. The van der Waals surface area contributed by atoms with Gasteiger partial charge in [0.15, 0.2) is 0 Å². The lowest BCUT2D eigenvalue weighted by Gasteiger charge is -1.95. The van der Waals surface area contributed by atoms with Gasteiger partial charge < -0.3 is 0 Å². The second-order valence-corrected chi connectivity index (χ2v) is 1.49. The molecule has 0 aromatic heterocycles. The Hall–Kier alpha value is -0.580. The van der Waals surface area contributed by atoms with Crippen molar-refractivity contribution < 1.29 is 18.1 Å². The first-order valence-corrected chi connectivity index (χ1v) is 2.40. The molecule has 0 bridgehead atoms. The Morgan fingerprint density at radius 3 is 2.33 bits per heavy atom. The lowest BCUT2D eigenvalue weighted by molar-refractivity contribution is -0.154. The van der Waals surface area contributed by atoms with Crippen LogP contribution in [0.2, 0.25) is 0 Å². The van der Waals surface area contributed by atoms with Crippen molar-refractivity contribution in [2.45, 2.75) is 12.8 Å². The first kappa shape index (κ1) is 8.42. The van der Waals surface area contributed by atoms with E-state index < -0.39 is 24.3 Å². The zero-order valence-electron chi connectivity index (χ0n) is 4.61. The average molecular weight is 141 g/mol. The van der Waals surface area contributed by atoms with E-state index >= 15 is 0 Å². The van der Waals surface area contributed by atoms with Crippen LogP contribution in [0.25, 0.3) is 0 Å². The third-order valence-corrected chi connectivity index (χ3v) is 0.700. The standard InChI is InChI=1S/C4H6F3NO/c5-4(9)2-1-3-8(6)7/h1-3H2. The third-order valence-electron chi connectivity index (χ3n) is 0.700. The van der Waals surface area contributed by atoms with Crippen molar-refractivity contribution in [1.29, 1.82) is 0 Å². The van der Waals surface area contributed by atoms with E-state index in [1.165, 1.54) is 0 Å². The highest BCUT2D eigenvalue weighted by atomic mass is 19.4. The molecule has 2 nitrogen and oxygen atoms in total. The van der Waals surface area contributed by atoms with Crippen molar-refractivity contribution in [2.24, 2.45) is 0 Å². The molecule has 0 amide bonds. The van der Waals surface area contributed by atoms with Crippen LogP contribution >= 0.6 is 0 Å². The minimum absolute atomic E-state index is 0.137. The Balaban J connectivity index is 3.01. The molecular weight excluding hydrogens is 135 g/mol. The van der Waals surface area contributed by atoms with Gasteiger partial charge >= 0.3 is 6.04 Å². The normalized spacial score (nSPS) is 10.2. The summed E-state index contributed by atoms with van der Waals surface area (Å²) in [4.78, 5) is 9.50. The van der Waals surface area contributed by atoms with E-state index in [9.17, 15) is 18.1 Å². The minimum Gasteiger partial charge on any atom is -0.261 e. The molecule has 0 saturated heterocycles. The number of nitrogens with zero attached hydrogens (tertiary/aromatic N) is 1. The molecule has 0 aromatic rings. The maximum Gasteiger partial charge on any atom is 0.301 e. The van der Waals surface area contributed by atoms with E-state index in [4.69, 9.17) is 0 Å². The maximum atomic E-state index is 11.2. The second-order valence-electron chi connectivity index (χ2n) is 1.49. The topological polar surface area (TPSA) is 20.3 Å². The minimum atomic E-state index is -1.54. The van der Waals surface area contributed by atoms with Gasteiger partial charge in [-0.1, -0.05) is 0 Å². The zero-order valence-corrected chi connectivity index (χ0v) is 4.61. The van der Waals surface area contributed by atoms with Gasteiger partial charge in [-0.3, -0.25) is 4.79 Å². The number of hydrogen-bond donors (Lipinski definition) is 0. The Labute approximate surface area is 50.1 Å². The lowest BCUT2D eigenvalue weighted by atomic mass is 10.3. The SMILES string of the molecule is O=C(F)CCCN(F)F. The molecule has 0 aliphatic rings. The van der Waals surface area contributed by atoms with Crippen molar-refractivity contribution in [3.8, 4) is 0 Å². The fourth-order valence-corrected chi connectivity index (χ4v) is 0.338. The summed E-state index contributed by atoms with van der Waals surface area (Å²) in [7, 11) is 0. The molecular formula is C4H6F3NO. The van der Waals surface area contributed by atoms with Crippen LogP contribution in [0.4, 0.5) is 13.4 Å². The molecule has 0 fully saturated rings. The highest BCUT2D eigenvalue weighted by Gasteiger charge is 2.01. The fraction of sp³-hybridized carbons (Fsp3) is 0.750. The van der Waals surface area contributed by atoms with Gasteiger partial charge in [-0.2, -0.15) is 4.39 Å². The van der Waals surface area contributed by atoms with Gasteiger partial charge in [0, 0.05) is 11.8 Å². The third kappa shape index (κ3) is 7.42. The van der Waals surface area contributed by atoms with Crippen molar-refractivity contribution in [1.82, 2.24) is 5.34 Å². The van der Waals surface area contributed by atoms with Crippen LogP contribution < -0.4 is 0 Å². The van der Waals surface area contributed by atoms with Gasteiger partial charge in [0.05, 0.1) is 6.54 Å². The molecule has 0 saturated carbocycles. The maximum absolute atomic E-state index is 11.2. The molecule has 5 heteroatoms. The van der Waals surface area contributed by atoms with Gasteiger partial charge in [0.25, 0.3) is 0 Å². The Morgan fingerprint density at radius 2 is 2.00 bits per heavy atom. The predicted octanol–water partition coefficient (Wildman–Crippen LogP) is 1.33. The van der Waals surface area contributed by atoms with Crippen LogP contribution in [0.3, 0.4) is 0 Å². The lowest BCUT2D eigenvalue weighted by Crippen LogP contribution is -2.03. The summed E-state index contributed by atoms with van der Waals surface area (Å²) in [5, 5.41) is -1.08. The summed E-state index contributed by atoms with van der Waals surface area (Å²) in [6.07, 6.45) is -0.563. The summed E-state index contributed by atoms with van der Waals surface area (Å²) < 4.78 is 33.4. The van der Waals surface area contributed by atoms with E-state index in [2.05, 4.69) is 0 Å². The fourth-order valence-electron chi connectivity index (χ4n) is 0.338. The Morgan fingerprint density at radius 1 is 1.44 bits per heavy atom. The van der Waals surface area contributed by atoms with Crippen LogP contribution in [0.5, 0.6) is 0 Å². The monoisotopic (exact) mass is 141 g/mol. The first-order valence-electron chi connectivity index (χ1n) is 2.40. The molecule has 9 heavy (non-hydrogen) atoms. The van der Waals surface area contributed by atoms with E-state index in [1.54, 1.807) is 0 Å². The first-order chi connectivity index (χ1) is 4.13. The molecule has 0 aliphatic carbocycles. The molecule has 0 aliphatic heterocycles. The highest BCUT2D eigenvalue weighted by molar-refractivity contribution is 5.67. The van der Waals surface area contributed by atoms with Crippen LogP contribution in [0.1, 0.15) is 12.8 Å². The quantitative estimate of drug-likeness (QED) is 0.435. The summed E-state index contributed by atoms with van der Waals surface area (Å²) in [6, 6.07) is -1.54. The number of halogens is 3. The molecule has 0 spiro atoms. The van der Waals surface area contributed by atoms with E-state index in [1.807, 2.05) is 0 Å². The van der Waals surface area contributed by atoms with Gasteiger partial charge in [-0.05, 0) is 6.42 Å². The number of rotatable bonds is 4. The van der Waals surface area contributed by atoms with Gasteiger partial charge in [-0.25, -0.2) is 0 Å². The number of carbonyl (C=O) groups excluding carboxylic acids is 1. The van der Waals surface area contributed by atoms with Crippen LogP contribution in [-0.4, -0.2) is 17.9 Å². The smallest absolute Gasteiger partial charge is 0.261 e. The summed E-state index contributed by atoms with van der Waals surface area (Å²) in [5.41, 5.74) is 0. The molecule has 0 N–H and O–H groups in total. The molecule has 54 valence electrons. The van der Waals surface area contributed by atoms with Crippen molar-refractivity contribution in [3.63, 3.8) is 0 Å². The second kappa shape index (κ2) is 4.31. The van der Waals surface area contributed by atoms with Gasteiger partial charge in [0.1, 0.15) is 0 Å². The molecule has 0 aromatic carbocycles. The largest absolute Gasteiger partial charge is 0.301 e. The van der Waals surface area contributed by atoms with Crippen LogP contribution in [0, 0.1) is 0 Å². The van der Waals surface area contributed by atoms with E-state index in [-0.39, 0.29) is 6.42 Å². The molecule has 0 atom stereocenters. The number of hydrogen-bond acceptors (Lipinski definition) is 2. The molecule has 0 rings (SSSR count). The van der Waals surface area contributed by atoms with Crippen LogP contribution in [0.15, 0.2) is 0 Å². The Bertz CT molecular complexity index is 95.8. The summed E-state index contributed by atoms with van der Waals surface area (Å²) in [6.45, 7) is -0.560. The predicted molar refractivity (Wildman–Crippen MR) is 24.3 cm³/mol. The van der Waals surface area contributed by atoms with Crippen molar-refractivity contribution in [3.05, 3.63) is 0 Å². The number of carbonyl (C=O) groups is 1. The Kier molecular flexibility index (Phi) is 4.04. The van der Waals surface area contributed by atoms with E-state index in [0.717, 1.165) is 0 Å². The highest BCUT2D eigenvalue weighted by Crippen LogP contribution is 1.96. The molecule has 0 heterocycles. The van der Waals surface area contributed by atoms with Crippen molar-refractivity contribution in [2.75, 3.05) is 6.54 Å². The van der Waals surface area contributed by atoms with Crippen molar-refractivity contribution >= 4 is 6.04 Å². The zero-order chi connectivity index (χ0) is 7.28. The summed E-state index contributed by atoms with van der Waals surface area (Å²) in [5.74, 6) is 0. The van der Waals surface area contributed by atoms with E-state index in [0.29, 0.717) is 0 Å². The average Bonchev–Trinajstić information content (AvgIpc) is 1.63. The molecule has 0 unspecified atom stereocenters.